The number of carbonyl (C=O) groups excluding carboxylic acids is 1. The van der Waals surface area contributed by atoms with Crippen LogP contribution >= 0.6 is 0 Å². The largest absolute Gasteiger partial charge is 0.496 e. The molecular formula is C26H26N4O7S. The number of carbonyl (C=O) groups is 1. The second-order valence-corrected chi connectivity index (χ2v) is 9.87. The highest BCUT2D eigenvalue weighted by Gasteiger charge is 2.60. The van der Waals surface area contributed by atoms with E-state index in [-0.39, 0.29) is 29.9 Å². The molecule has 11 nitrogen and oxygen atoms in total. The Balaban J connectivity index is 1.75. The highest BCUT2D eigenvalue weighted by atomic mass is 32.2. The molecule has 0 aromatic heterocycles. The van der Waals surface area contributed by atoms with E-state index in [9.17, 15) is 22.9 Å². The first-order valence-corrected chi connectivity index (χ1v) is 12.9. The summed E-state index contributed by atoms with van der Waals surface area (Å²) >= 11 is 0. The number of ketones is 1. The lowest BCUT2D eigenvalue weighted by Gasteiger charge is -2.35. The quantitative estimate of drug-likeness (QED) is 0.213. The fourth-order valence-corrected chi connectivity index (χ4v) is 5.25. The van der Waals surface area contributed by atoms with Gasteiger partial charge in [-0.15, -0.1) is 0 Å². The SMILES string of the molecule is COc1ccccc1CN=NC1(S(=O)(=O)O)c2ccccc2C(=NNCc2ccccc2OC)C(=O)C1O. The number of para-hydroxylation sites is 2. The molecule has 4 rings (SSSR count). The molecule has 0 spiro atoms. The van der Waals surface area contributed by atoms with Crippen LogP contribution < -0.4 is 14.9 Å². The summed E-state index contributed by atoms with van der Waals surface area (Å²) in [6.45, 7) is 0.0485. The monoisotopic (exact) mass is 538 g/mol. The van der Waals surface area contributed by atoms with Crippen molar-refractivity contribution in [2.45, 2.75) is 24.1 Å². The van der Waals surface area contributed by atoms with Crippen molar-refractivity contribution in [2.75, 3.05) is 14.2 Å². The molecule has 0 aliphatic heterocycles. The summed E-state index contributed by atoms with van der Waals surface area (Å²) in [5, 5.41) is 23.1. The standard InChI is InChI=1S/C26H26N4O7S/c1-36-21-13-7-3-9-17(21)15-27-29-23-19-11-5-6-12-20(19)26(38(33,34)35,25(32)24(23)31)30-28-16-18-10-4-8-14-22(18)37-2/h3-14,25,27,32H,15-16H2,1-2H3,(H,33,34,35). The third-order valence-electron chi connectivity index (χ3n) is 6.12. The first kappa shape index (κ1) is 26.9. The van der Waals surface area contributed by atoms with Gasteiger partial charge in [-0.25, -0.2) is 0 Å². The Morgan fingerprint density at radius 2 is 1.50 bits per heavy atom. The molecule has 12 heteroatoms. The van der Waals surface area contributed by atoms with Gasteiger partial charge in [-0.3, -0.25) is 9.35 Å². The third-order valence-corrected chi connectivity index (χ3v) is 7.43. The highest BCUT2D eigenvalue weighted by Crippen LogP contribution is 2.42. The number of hydrogen-bond donors (Lipinski definition) is 3. The molecule has 2 unspecified atom stereocenters. The summed E-state index contributed by atoms with van der Waals surface area (Å²) in [4.78, 5) is 10.5. The zero-order chi connectivity index (χ0) is 27.3. The Bertz CT molecular complexity index is 1510. The zero-order valence-electron chi connectivity index (χ0n) is 20.6. The van der Waals surface area contributed by atoms with E-state index >= 15 is 0 Å². The van der Waals surface area contributed by atoms with Crippen LogP contribution in [0.5, 0.6) is 11.5 Å². The lowest BCUT2D eigenvalue weighted by Crippen LogP contribution is -2.55. The Hall–Kier alpha value is -4.13. The van der Waals surface area contributed by atoms with Crippen LogP contribution in [-0.4, -0.2) is 49.9 Å². The normalized spacial score (nSPS) is 20.4. The van der Waals surface area contributed by atoms with Crippen LogP contribution in [0.4, 0.5) is 0 Å². The molecule has 0 heterocycles. The number of nitrogens with zero attached hydrogens (tertiary/aromatic N) is 3. The van der Waals surface area contributed by atoms with E-state index in [2.05, 4.69) is 20.8 Å². The number of nitrogens with one attached hydrogen (secondary N) is 1. The maximum absolute atomic E-state index is 13.3. The number of hydrazone groups is 1. The number of methoxy groups -OCH3 is 2. The minimum atomic E-state index is -5.20. The van der Waals surface area contributed by atoms with Gasteiger partial charge in [-0.05, 0) is 12.1 Å². The number of aliphatic hydroxyl groups is 1. The zero-order valence-corrected chi connectivity index (χ0v) is 21.4. The summed E-state index contributed by atoms with van der Waals surface area (Å²) in [5.41, 5.74) is 3.83. The molecule has 0 bridgehead atoms. The van der Waals surface area contributed by atoms with Gasteiger partial charge in [0.1, 0.15) is 17.2 Å². The number of ether oxygens (including phenoxy) is 2. The molecule has 3 aromatic carbocycles. The molecule has 0 fully saturated rings. The van der Waals surface area contributed by atoms with Crippen LogP contribution in [0.15, 0.2) is 88.1 Å². The lowest BCUT2D eigenvalue weighted by molar-refractivity contribution is -0.122. The number of Topliss-reactive ketones (excluding diaryl/α,β-unsaturated/α-hetero) is 1. The van der Waals surface area contributed by atoms with E-state index < -0.39 is 26.9 Å². The maximum Gasteiger partial charge on any atom is 0.300 e. The van der Waals surface area contributed by atoms with E-state index in [1.807, 2.05) is 18.2 Å². The molecule has 3 aromatic rings. The third kappa shape index (κ3) is 4.88. The van der Waals surface area contributed by atoms with E-state index in [1.54, 1.807) is 36.4 Å². The van der Waals surface area contributed by atoms with Crippen molar-refractivity contribution in [2.24, 2.45) is 15.3 Å². The fraction of sp³-hybridized carbons (Fsp3) is 0.231. The molecule has 3 N–H and O–H groups in total. The van der Waals surface area contributed by atoms with Crippen LogP contribution in [0.2, 0.25) is 0 Å². The van der Waals surface area contributed by atoms with Gasteiger partial charge in [0.15, 0.2) is 6.10 Å². The van der Waals surface area contributed by atoms with Crippen LogP contribution in [0.3, 0.4) is 0 Å². The molecule has 0 saturated carbocycles. The Labute approximate surface area is 219 Å². The van der Waals surface area contributed by atoms with Gasteiger partial charge in [0, 0.05) is 22.3 Å². The maximum atomic E-state index is 13.3. The number of rotatable bonds is 9. The number of fused-ring (bicyclic) bond motifs is 1. The van der Waals surface area contributed by atoms with Crippen molar-refractivity contribution < 1.29 is 32.3 Å². The average Bonchev–Trinajstić information content (AvgIpc) is 2.92. The van der Waals surface area contributed by atoms with Gasteiger partial charge in [0.05, 0.1) is 27.3 Å². The average molecular weight is 539 g/mol. The molecule has 198 valence electrons. The minimum absolute atomic E-state index is 0.0733. The smallest absolute Gasteiger partial charge is 0.300 e. The number of azo groups is 1. The summed E-state index contributed by atoms with van der Waals surface area (Å²) in [6.07, 6.45) is -2.32. The van der Waals surface area contributed by atoms with E-state index in [0.717, 1.165) is 5.56 Å². The summed E-state index contributed by atoms with van der Waals surface area (Å²) < 4.78 is 46.4. The van der Waals surface area contributed by atoms with Crippen molar-refractivity contribution in [1.29, 1.82) is 0 Å². The first-order chi connectivity index (χ1) is 18.2. The van der Waals surface area contributed by atoms with Gasteiger partial charge < -0.3 is 20.0 Å². The predicted molar refractivity (Wildman–Crippen MR) is 139 cm³/mol. The van der Waals surface area contributed by atoms with Gasteiger partial charge in [0.2, 0.25) is 5.78 Å². The van der Waals surface area contributed by atoms with Crippen LogP contribution in [-0.2, 0) is 32.9 Å². The summed E-state index contributed by atoms with van der Waals surface area (Å²) in [5.74, 6) is 0.0464. The number of hydrogen-bond acceptors (Lipinski definition) is 10. The second-order valence-electron chi connectivity index (χ2n) is 8.30. The molecule has 38 heavy (non-hydrogen) atoms. The van der Waals surface area contributed by atoms with Gasteiger partial charge in [0.25, 0.3) is 4.87 Å². The van der Waals surface area contributed by atoms with Crippen molar-refractivity contribution in [1.82, 2.24) is 5.43 Å². The van der Waals surface area contributed by atoms with E-state index in [4.69, 9.17) is 9.47 Å². The molecular weight excluding hydrogens is 512 g/mol. The molecule has 0 radical (unpaired) electrons. The van der Waals surface area contributed by atoms with Gasteiger partial charge in [-0.1, -0.05) is 60.7 Å². The molecule has 0 saturated heterocycles. The van der Waals surface area contributed by atoms with Crippen molar-refractivity contribution >= 4 is 21.6 Å². The topological polar surface area (TPSA) is 159 Å². The van der Waals surface area contributed by atoms with Crippen LogP contribution in [0.1, 0.15) is 22.3 Å². The fourth-order valence-electron chi connectivity index (χ4n) is 4.25. The van der Waals surface area contributed by atoms with Crippen LogP contribution in [0, 0.1) is 0 Å². The number of benzene rings is 3. The Morgan fingerprint density at radius 3 is 2.16 bits per heavy atom. The van der Waals surface area contributed by atoms with Crippen molar-refractivity contribution in [3.05, 3.63) is 95.1 Å². The minimum Gasteiger partial charge on any atom is -0.496 e. The highest BCUT2D eigenvalue weighted by molar-refractivity contribution is 7.86. The van der Waals surface area contributed by atoms with Gasteiger partial charge in [-0.2, -0.15) is 23.7 Å². The van der Waals surface area contributed by atoms with Crippen LogP contribution in [0.25, 0.3) is 0 Å². The molecule has 1 aliphatic rings. The molecule has 1 aliphatic carbocycles. The summed E-state index contributed by atoms with van der Waals surface area (Å²) in [6, 6.07) is 19.9. The number of aliphatic hydroxyl groups excluding tert-OH is 1. The second kappa shape index (κ2) is 11.1. The predicted octanol–water partition coefficient (Wildman–Crippen LogP) is 2.83. The Kier molecular flexibility index (Phi) is 7.86. The first-order valence-electron chi connectivity index (χ1n) is 11.5. The van der Waals surface area contributed by atoms with E-state index in [0.29, 0.717) is 17.1 Å². The summed E-state index contributed by atoms with van der Waals surface area (Å²) in [7, 11) is -2.21. The van der Waals surface area contributed by atoms with Crippen molar-refractivity contribution in [3.63, 3.8) is 0 Å². The molecule has 2 atom stereocenters. The molecule has 0 amide bonds. The lowest BCUT2D eigenvalue weighted by atomic mass is 9.83. The van der Waals surface area contributed by atoms with E-state index in [1.165, 1.54) is 32.4 Å². The van der Waals surface area contributed by atoms with Crippen molar-refractivity contribution in [3.8, 4) is 11.5 Å². The Morgan fingerprint density at radius 1 is 0.921 bits per heavy atom. The van der Waals surface area contributed by atoms with Gasteiger partial charge >= 0.3 is 10.1 Å².